The monoisotopic (exact) mass is 277 g/mol. The van der Waals surface area contributed by atoms with Crippen LogP contribution >= 0.6 is 0 Å². The molecule has 0 radical (unpaired) electrons. The molecule has 0 aliphatic rings. The third kappa shape index (κ3) is 3.28. The van der Waals surface area contributed by atoms with Gasteiger partial charge < -0.3 is 20.0 Å². The Hall–Kier alpha value is -2.97. The number of rotatable bonds is 5. The molecule has 0 saturated carbocycles. The van der Waals surface area contributed by atoms with Crippen LogP contribution in [0.5, 0.6) is 0 Å². The fraction of sp³-hybridized carbons (Fsp3) is 0.182. The van der Waals surface area contributed by atoms with E-state index in [1.807, 2.05) is 0 Å². The van der Waals surface area contributed by atoms with Crippen molar-refractivity contribution in [1.29, 1.82) is 0 Å². The fourth-order valence-electron chi connectivity index (χ4n) is 1.45. The summed E-state index contributed by atoms with van der Waals surface area (Å²) in [6.07, 6.45) is 4.97. The minimum atomic E-state index is -1.11. The largest absolute Gasteiger partial charge is 0.476 e. The second-order valence-electron chi connectivity index (χ2n) is 3.85. The summed E-state index contributed by atoms with van der Waals surface area (Å²) in [7, 11) is 0. The summed E-state index contributed by atoms with van der Waals surface area (Å²) in [4.78, 5) is 42.8. The van der Waals surface area contributed by atoms with Crippen molar-refractivity contribution in [3.8, 4) is 0 Å². The van der Waals surface area contributed by atoms with Gasteiger partial charge in [0.2, 0.25) is 0 Å². The number of hydrogen-bond donors (Lipinski definition) is 3. The summed E-state index contributed by atoms with van der Waals surface area (Å²) in [6.45, 7) is 0.643. The molecule has 0 unspecified atom stereocenters. The van der Waals surface area contributed by atoms with Crippen molar-refractivity contribution in [3.05, 3.63) is 46.7 Å². The zero-order chi connectivity index (χ0) is 14.5. The highest BCUT2D eigenvalue weighted by Gasteiger charge is 2.08. The molecule has 1 amide bonds. The van der Waals surface area contributed by atoms with Crippen molar-refractivity contribution in [2.45, 2.75) is 6.54 Å². The number of nitrogens with zero attached hydrogens (tertiary/aromatic N) is 3. The van der Waals surface area contributed by atoms with Gasteiger partial charge in [-0.2, -0.15) is 0 Å². The van der Waals surface area contributed by atoms with Crippen molar-refractivity contribution in [1.82, 2.24) is 24.8 Å². The smallest absolute Gasteiger partial charge is 0.356 e. The lowest BCUT2D eigenvalue weighted by Gasteiger charge is -2.04. The summed E-state index contributed by atoms with van der Waals surface area (Å²) in [5.74, 6) is -1.54. The van der Waals surface area contributed by atoms with E-state index in [0.717, 1.165) is 6.20 Å². The average molecular weight is 277 g/mol. The van der Waals surface area contributed by atoms with Crippen LogP contribution in [0.4, 0.5) is 0 Å². The van der Waals surface area contributed by atoms with E-state index >= 15 is 0 Å². The van der Waals surface area contributed by atoms with Crippen molar-refractivity contribution < 1.29 is 14.7 Å². The van der Waals surface area contributed by atoms with Crippen LogP contribution in [-0.2, 0) is 6.54 Å². The predicted octanol–water partition coefficient (Wildman–Crippen LogP) is -0.905. The summed E-state index contributed by atoms with van der Waals surface area (Å²) in [6, 6.07) is 0. The van der Waals surface area contributed by atoms with Gasteiger partial charge in [0.05, 0.1) is 12.5 Å². The molecule has 0 saturated heterocycles. The van der Waals surface area contributed by atoms with E-state index in [4.69, 9.17) is 5.11 Å². The molecule has 2 aromatic rings. The Kier molecular flexibility index (Phi) is 3.89. The van der Waals surface area contributed by atoms with E-state index in [2.05, 4.69) is 20.3 Å². The Balaban J connectivity index is 1.86. The molecule has 0 aromatic carbocycles. The Bertz CT molecular complexity index is 670. The Morgan fingerprint density at radius 2 is 2.15 bits per heavy atom. The number of aromatic amines is 1. The molecule has 2 aromatic heterocycles. The Labute approximate surface area is 112 Å². The molecule has 104 valence electrons. The van der Waals surface area contributed by atoms with E-state index in [-0.39, 0.29) is 23.5 Å². The minimum absolute atomic E-state index is 0.0568. The number of carbonyl (C=O) groups excluding carboxylic acids is 1. The molecule has 0 bridgehead atoms. The molecule has 0 aliphatic heterocycles. The predicted molar refractivity (Wildman–Crippen MR) is 66.4 cm³/mol. The maximum absolute atomic E-state index is 11.6. The maximum Gasteiger partial charge on any atom is 0.356 e. The number of carboxylic acids is 1. The van der Waals surface area contributed by atoms with Gasteiger partial charge in [0.15, 0.2) is 5.69 Å². The molecule has 3 N–H and O–H groups in total. The molecule has 2 heterocycles. The summed E-state index contributed by atoms with van der Waals surface area (Å²) in [5, 5.41) is 11.3. The lowest BCUT2D eigenvalue weighted by molar-refractivity contribution is 0.0690. The van der Waals surface area contributed by atoms with E-state index in [9.17, 15) is 14.4 Å². The van der Waals surface area contributed by atoms with Gasteiger partial charge in [-0.15, -0.1) is 0 Å². The first-order valence-electron chi connectivity index (χ1n) is 5.64. The Morgan fingerprint density at radius 1 is 1.35 bits per heavy atom. The normalized spacial score (nSPS) is 10.2. The topological polar surface area (TPSA) is 130 Å². The molecule has 20 heavy (non-hydrogen) atoms. The number of carbonyl (C=O) groups is 2. The van der Waals surface area contributed by atoms with Crippen LogP contribution in [-0.4, -0.2) is 43.0 Å². The van der Waals surface area contributed by atoms with Gasteiger partial charge in [-0.1, -0.05) is 0 Å². The number of H-pyrrole nitrogens is 1. The zero-order valence-corrected chi connectivity index (χ0v) is 10.2. The highest BCUT2D eigenvalue weighted by atomic mass is 16.4. The lowest BCUT2D eigenvalue weighted by atomic mass is 10.4. The van der Waals surface area contributed by atoms with Crippen LogP contribution in [0.15, 0.2) is 29.7 Å². The summed E-state index contributed by atoms with van der Waals surface area (Å²) < 4.78 is 1.55. The molecule has 0 fully saturated rings. The number of amides is 1. The number of hydrogen-bond acceptors (Lipinski definition) is 5. The summed E-state index contributed by atoms with van der Waals surface area (Å²) in [5.41, 5.74) is -0.346. The molecule has 2 rings (SSSR count). The number of nitrogens with one attached hydrogen (secondary N) is 2. The van der Waals surface area contributed by atoms with E-state index in [1.165, 1.54) is 18.7 Å². The third-order valence-corrected chi connectivity index (χ3v) is 2.41. The van der Waals surface area contributed by atoms with Crippen molar-refractivity contribution >= 4 is 11.9 Å². The molecule has 0 spiro atoms. The fourth-order valence-corrected chi connectivity index (χ4v) is 1.45. The van der Waals surface area contributed by atoms with Crippen molar-refractivity contribution in [2.75, 3.05) is 6.54 Å². The van der Waals surface area contributed by atoms with Gasteiger partial charge in [0.25, 0.3) is 11.5 Å². The minimum Gasteiger partial charge on any atom is -0.476 e. The van der Waals surface area contributed by atoms with Crippen LogP contribution in [0.2, 0.25) is 0 Å². The second kappa shape index (κ2) is 5.78. The summed E-state index contributed by atoms with van der Waals surface area (Å²) >= 11 is 0. The van der Waals surface area contributed by atoms with Crippen LogP contribution in [0.1, 0.15) is 21.0 Å². The van der Waals surface area contributed by atoms with Gasteiger partial charge in [-0.05, 0) is 0 Å². The van der Waals surface area contributed by atoms with Gasteiger partial charge in [-0.3, -0.25) is 9.59 Å². The quantitative estimate of drug-likeness (QED) is 0.649. The van der Waals surface area contributed by atoms with Gasteiger partial charge in [-0.25, -0.2) is 14.8 Å². The molecule has 0 aliphatic carbocycles. The molecule has 9 nitrogen and oxygen atoms in total. The SMILES string of the molecule is O=C(O)c1cn(CCNC(=O)c2c[nH]c(=O)cn2)cn1. The van der Waals surface area contributed by atoms with E-state index < -0.39 is 11.9 Å². The lowest BCUT2D eigenvalue weighted by Crippen LogP contribution is -2.28. The number of aromatic carboxylic acids is 1. The highest BCUT2D eigenvalue weighted by Crippen LogP contribution is 1.95. The maximum atomic E-state index is 11.6. The van der Waals surface area contributed by atoms with E-state index in [1.54, 1.807) is 4.57 Å². The number of carboxylic acid groups (broad SMARTS) is 1. The number of aromatic nitrogens is 4. The van der Waals surface area contributed by atoms with E-state index in [0.29, 0.717) is 6.54 Å². The van der Waals surface area contributed by atoms with Crippen LogP contribution in [0, 0.1) is 0 Å². The molecular formula is C11H11N5O4. The highest BCUT2D eigenvalue weighted by molar-refractivity contribution is 5.91. The number of imidazole rings is 1. The van der Waals surface area contributed by atoms with Gasteiger partial charge >= 0.3 is 5.97 Å². The molecule has 9 heteroatoms. The zero-order valence-electron chi connectivity index (χ0n) is 10.2. The Morgan fingerprint density at radius 3 is 2.75 bits per heavy atom. The first kappa shape index (κ1) is 13.5. The van der Waals surface area contributed by atoms with Crippen molar-refractivity contribution in [3.63, 3.8) is 0 Å². The van der Waals surface area contributed by atoms with Crippen LogP contribution in [0.25, 0.3) is 0 Å². The van der Waals surface area contributed by atoms with Crippen LogP contribution < -0.4 is 10.9 Å². The molecule has 0 atom stereocenters. The van der Waals surface area contributed by atoms with Gasteiger partial charge in [0, 0.05) is 25.5 Å². The van der Waals surface area contributed by atoms with Gasteiger partial charge in [0.1, 0.15) is 5.69 Å². The van der Waals surface area contributed by atoms with Crippen molar-refractivity contribution in [2.24, 2.45) is 0 Å². The first-order valence-corrected chi connectivity index (χ1v) is 5.64. The standard InChI is InChI=1S/C11H11N5O4/c17-9-4-13-7(3-14-9)10(18)12-1-2-16-5-8(11(19)20)15-6-16/h3-6H,1-2H2,(H,12,18)(H,14,17)(H,19,20). The average Bonchev–Trinajstić information content (AvgIpc) is 2.88. The molecular weight excluding hydrogens is 266 g/mol. The first-order chi connectivity index (χ1) is 9.56. The van der Waals surface area contributed by atoms with Crippen LogP contribution in [0.3, 0.4) is 0 Å². The second-order valence-corrected chi connectivity index (χ2v) is 3.85. The third-order valence-electron chi connectivity index (χ3n) is 2.41.